The van der Waals surface area contributed by atoms with Crippen LogP contribution < -0.4 is 0 Å². The molecule has 0 unspecified atom stereocenters. The van der Waals surface area contributed by atoms with Crippen molar-refractivity contribution in [2.24, 2.45) is 0 Å². The predicted molar refractivity (Wildman–Crippen MR) is 75.4 cm³/mol. The van der Waals surface area contributed by atoms with Crippen LogP contribution >= 0.6 is 11.6 Å². The molecule has 3 aromatic rings. The minimum absolute atomic E-state index is 0.549. The Hall–Kier alpha value is -2.14. The number of hydrogen-bond acceptors (Lipinski definition) is 4. The van der Waals surface area contributed by atoms with E-state index in [0.29, 0.717) is 16.8 Å². The number of aromatic nitrogens is 4. The quantitative estimate of drug-likeness (QED) is 0.740. The first kappa shape index (κ1) is 12.9. The van der Waals surface area contributed by atoms with E-state index in [9.17, 15) is 0 Å². The van der Waals surface area contributed by atoms with E-state index in [4.69, 9.17) is 16.0 Å². The van der Waals surface area contributed by atoms with Gasteiger partial charge in [0, 0.05) is 25.2 Å². The zero-order chi connectivity index (χ0) is 13.9. The van der Waals surface area contributed by atoms with Crippen LogP contribution in [0.2, 0.25) is 5.02 Å². The zero-order valence-electron chi connectivity index (χ0n) is 11.0. The summed E-state index contributed by atoms with van der Waals surface area (Å²) >= 11 is 5.83. The van der Waals surface area contributed by atoms with E-state index in [2.05, 4.69) is 27.4 Å². The second-order valence-electron chi connectivity index (χ2n) is 4.49. The van der Waals surface area contributed by atoms with Gasteiger partial charge in [-0.2, -0.15) is 5.10 Å². The summed E-state index contributed by atoms with van der Waals surface area (Å²) in [6.45, 7) is 2.58. The van der Waals surface area contributed by atoms with E-state index >= 15 is 0 Å². The normalized spacial score (nSPS) is 10.9. The second-order valence-corrected chi connectivity index (χ2v) is 4.93. The SMILES string of the molecule is Cc1nnc(-c2ccc(CCn3cc(Cl)cn3)cc2)o1. The van der Waals surface area contributed by atoms with E-state index < -0.39 is 0 Å². The summed E-state index contributed by atoms with van der Waals surface area (Å²) in [4.78, 5) is 0. The first-order valence-electron chi connectivity index (χ1n) is 6.28. The Bertz CT molecular complexity index is 702. The molecule has 2 heterocycles. The molecule has 5 nitrogen and oxygen atoms in total. The number of aryl methyl sites for hydroxylation is 3. The number of rotatable bonds is 4. The molecule has 0 aliphatic heterocycles. The van der Waals surface area contributed by atoms with Crippen molar-refractivity contribution in [1.82, 2.24) is 20.0 Å². The minimum Gasteiger partial charge on any atom is -0.421 e. The third-order valence-corrected chi connectivity index (χ3v) is 3.15. The molecule has 6 heteroatoms. The van der Waals surface area contributed by atoms with Gasteiger partial charge < -0.3 is 4.42 Å². The summed E-state index contributed by atoms with van der Waals surface area (Å²) in [5, 5.41) is 12.6. The lowest BCUT2D eigenvalue weighted by molar-refractivity contribution is 0.532. The molecule has 0 saturated heterocycles. The van der Waals surface area contributed by atoms with Crippen molar-refractivity contribution < 1.29 is 4.42 Å². The molecule has 20 heavy (non-hydrogen) atoms. The molecule has 0 amide bonds. The highest BCUT2D eigenvalue weighted by atomic mass is 35.5. The molecule has 3 rings (SSSR count). The molecule has 0 bridgehead atoms. The maximum Gasteiger partial charge on any atom is 0.247 e. The van der Waals surface area contributed by atoms with Crippen molar-refractivity contribution in [3.63, 3.8) is 0 Å². The highest BCUT2D eigenvalue weighted by molar-refractivity contribution is 6.30. The predicted octanol–water partition coefficient (Wildman–Crippen LogP) is 3.14. The number of benzene rings is 1. The van der Waals surface area contributed by atoms with Gasteiger partial charge in [0.25, 0.3) is 0 Å². The maximum absolute atomic E-state index is 5.83. The topological polar surface area (TPSA) is 56.7 Å². The molecule has 1 aromatic carbocycles. The average Bonchev–Trinajstić information content (AvgIpc) is 3.06. The number of nitrogens with zero attached hydrogens (tertiary/aromatic N) is 4. The fraction of sp³-hybridized carbons (Fsp3) is 0.214. The smallest absolute Gasteiger partial charge is 0.247 e. The molecule has 0 N–H and O–H groups in total. The third kappa shape index (κ3) is 2.88. The summed E-state index contributed by atoms with van der Waals surface area (Å²) in [7, 11) is 0. The first-order valence-corrected chi connectivity index (χ1v) is 6.66. The van der Waals surface area contributed by atoms with Gasteiger partial charge in [-0.05, 0) is 24.1 Å². The number of hydrogen-bond donors (Lipinski definition) is 0. The summed E-state index contributed by atoms with van der Waals surface area (Å²) in [5.74, 6) is 1.12. The van der Waals surface area contributed by atoms with E-state index in [1.54, 1.807) is 13.1 Å². The van der Waals surface area contributed by atoms with Crippen LogP contribution in [0.4, 0.5) is 0 Å². The van der Waals surface area contributed by atoms with Gasteiger partial charge in [-0.1, -0.05) is 23.7 Å². The van der Waals surface area contributed by atoms with Gasteiger partial charge in [-0.15, -0.1) is 10.2 Å². The van der Waals surface area contributed by atoms with E-state index in [1.807, 2.05) is 23.0 Å². The van der Waals surface area contributed by atoms with Crippen LogP contribution in [-0.2, 0) is 13.0 Å². The molecule has 102 valence electrons. The average molecular weight is 289 g/mol. The van der Waals surface area contributed by atoms with Crippen LogP contribution in [0.5, 0.6) is 0 Å². The zero-order valence-corrected chi connectivity index (χ0v) is 11.7. The Morgan fingerprint density at radius 2 is 2.00 bits per heavy atom. The Balaban J connectivity index is 1.67. The van der Waals surface area contributed by atoms with Crippen molar-refractivity contribution in [3.05, 3.63) is 53.1 Å². The van der Waals surface area contributed by atoms with Crippen molar-refractivity contribution in [1.29, 1.82) is 0 Å². The molecular weight excluding hydrogens is 276 g/mol. The van der Waals surface area contributed by atoms with Crippen molar-refractivity contribution in [3.8, 4) is 11.5 Å². The van der Waals surface area contributed by atoms with Crippen LogP contribution in [0, 0.1) is 6.92 Å². The fourth-order valence-corrected chi connectivity index (χ4v) is 2.09. The van der Waals surface area contributed by atoms with Crippen LogP contribution in [0.25, 0.3) is 11.5 Å². The third-order valence-electron chi connectivity index (χ3n) is 2.96. The largest absolute Gasteiger partial charge is 0.421 e. The van der Waals surface area contributed by atoms with Gasteiger partial charge in [-0.3, -0.25) is 4.68 Å². The summed E-state index contributed by atoms with van der Waals surface area (Å²) in [6.07, 6.45) is 4.35. The molecule has 0 spiro atoms. The first-order chi connectivity index (χ1) is 9.70. The highest BCUT2D eigenvalue weighted by Gasteiger charge is 2.05. The highest BCUT2D eigenvalue weighted by Crippen LogP contribution is 2.18. The maximum atomic E-state index is 5.83. The van der Waals surface area contributed by atoms with Gasteiger partial charge in [0.2, 0.25) is 11.8 Å². The Labute approximate surface area is 121 Å². The summed E-state index contributed by atoms with van der Waals surface area (Å²) < 4.78 is 7.22. The van der Waals surface area contributed by atoms with Gasteiger partial charge in [0.1, 0.15) is 0 Å². The lowest BCUT2D eigenvalue weighted by Gasteiger charge is -2.03. The minimum atomic E-state index is 0.549. The fourth-order valence-electron chi connectivity index (χ4n) is 1.93. The van der Waals surface area contributed by atoms with Crippen molar-refractivity contribution in [2.45, 2.75) is 19.9 Å². The number of halogens is 1. The van der Waals surface area contributed by atoms with Gasteiger partial charge in [0.05, 0.1) is 11.2 Å². The van der Waals surface area contributed by atoms with E-state index in [-0.39, 0.29) is 0 Å². The van der Waals surface area contributed by atoms with Crippen LogP contribution in [0.3, 0.4) is 0 Å². The summed E-state index contributed by atoms with van der Waals surface area (Å²) in [5.41, 5.74) is 2.15. The molecule has 0 fully saturated rings. The Morgan fingerprint density at radius 3 is 2.60 bits per heavy atom. The standard InChI is InChI=1S/C14H13ClN4O/c1-10-17-18-14(20-10)12-4-2-11(3-5-12)6-7-19-9-13(15)8-16-19/h2-5,8-9H,6-7H2,1H3. The van der Waals surface area contributed by atoms with Crippen LogP contribution in [0.15, 0.2) is 41.1 Å². The van der Waals surface area contributed by atoms with Crippen molar-refractivity contribution in [2.75, 3.05) is 0 Å². The van der Waals surface area contributed by atoms with Gasteiger partial charge in [0.15, 0.2) is 0 Å². The van der Waals surface area contributed by atoms with Gasteiger partial charge in [-0.25, -0.2) is 0 Å². The Morgan fingerprint density at radius 1 is 1.20 bits per heavy atom. The molecule has 0 atom stereocenters. The molecule has 0 aliphatic rings. The molecule has 0 saturated carbocycles. The lowest BCUT2D eigenvalue weighted by atomic mass is 10.1. The van der Waals surface area contributed by atoms with Crippen LogP contribution in [-0.4, -0.2) is 20.0 Å². The lowest BCUT2D eigenvalue weighted by Crippen LogP contribution is -2.01. The second kappa shape index (κ2) is 5.46. The van der Waals surface area contributed by atoms with Crippen LogP contribution in [0.1, 0.15) is 11.5 Å². The molecule has 0 radical (unpaired) electrons. The van der Waals surface area contributed by atoms with E-state index in [1.165, 1.54) is 5.56 Å². The van der Waals surface area contributed by atoms with E-state index in [0.717, 1.165) is 18.5 Å². The van der Waals surface area contributed by atoms with Crippen molar-refractivity contribution >= 4 is 11.6 Å². The Kier molecular flexibility index (Phi) is 3.52. The molecule has 2 aromatic heterocycles. The van der Waals surface area contributed by atoms with Gasteiger partial charge >= 0.3 is 0 Å². The monoisotopic (exact) mass is 288 g/mol. The molecular formula is C14H13ClN4O. The molecule has 0 aliphatic carbocycles. The summed E-state index contributed by atoms with van der Waals surface area (Å²) in [6, 6.07) is 8.08.